The number of carbonyl (C=O) groups is 15. The van der Waals surface area contributed by atoms with E-state index in [1.807, 2.05) is 0 Å². The number of nitrogens with two attached hydrogens (primary N) is 2. The number of benzene rings is 2. The number of hydrogen-bond donors (Lipinski definition) is 20. The molecule has 13 atom stereocenters. The summed E-state index contributed by atoms with van der Waals surface area (Å²) in [6.07, 6.45) is 1.96. The molecule has 0 saturated carbocycles. The number of aliphatic carboxylic acids is 1. The molecule has 14 amide bonds. The summed E-state index contributed by atoms with van der Waals surface area (Å²) in [5.41, 5.74) is 14.2. The minimum absolute atomic E-state index is 0.0235. The third-order valence-electron chi connectivity index (χ3n) is 17.6. The number of aromatic nitrogens is 4. The number of amides is 14. The average Bonchev–Trinajstić information content (AvgIpc) is 1.60. The summed E-state index contributed by atoms with van der Waals surface area (Å²) in [5, 5.41) is 55.3. The van der Waals surface area contributed by atoms with Crippen LogP contribution in [0.4, 0.5) is 0 Å². The van der Waals surface area contributed by atoms with Gasteiger partial charge in [-0.05, 0) is 88.0 Å². The summed E-state index contributed by atoms with van der Waals surface area (Å²) in [5.74, 6) is -17.0. The van der Waals surface area contributed by atoms with Crippen molar-refractivity contribution in [2.75, 3.05) is 18.1 Å². The van der Waals surface area contributed by atoms with Crippen molar-refractivity contribution in [2.45, 2.75) is 205 Å². The Bertz CT molecular complexity index is 4070. The first-order chi connectivity index (χ1) is 52.0. The molecule has 1 fully saturated rings. The number of nitrogens with zero attached hydrogens (tertiary/aromatic N) is 1. The molecule has 0 bridgehead atoms. The fraction of sp³-hybridized carbons (Fsp3) is 0.528. The lowest BCUT2D eigenvalue weighted by Crippen LogP contribution is -2.61. The second-order valence-corrected chi connectivity index (χ2v) is 31.1. The zero-order valence-corrected chi connectivity index (χ0v) is 64.6. The van der Waals surface area contributed by atoms with Crippen molar-refractivity contribution in [3.05, 3.63) is 90.3 Å². The number of aromatic amines is 3. The highest BCUT2D eigenvalue weighted by Crippen LogP contribution is 2.26. The van der Waals surface area contributed by atoms with E-state index in [0.717, 1.165) is 21.6 Å². The van der Waals surface area contributed by atoms with Gasteiger partial charge in [-0.15, -0.1) is 0 Å². The first kappa shape index (κ1) is 88.3. The number of carboxylic acids is 1. The molecule has 6 rings (SSSR count). The topological polar surface area (TPSA) is 565 Å². The Balaban J connectivity index is 1.45. The molecule has 0 radical (unpaired) electrons. The standard InChI is InChI=1S/C72H103N19O17S2/c1-34(2)21-49-64(100)78-30-57(94)82-48(19-20-56(93)80-37(7)8)65(101)85-50(22-35(3)4)69(105)90-59(36(5)6)72(108)87-52(24-41-28-77-47-18-14-12-16-44(41)47)67(103)89-55(71(107)91-60(39(10)92)61(74)97)32-110-109-31-54(88-63(99)45(73)26-58(95)96)70(106)81-38(9)62(98)83-51(23-40-27-76-46-17-13-11-15-43(40)46)66(102)86-53(68(104)84-49)25-42-29-75-33-79-42/h11-18,27-29,33-39,45,48-55,59-60,76-77,92H,19-26,30-32,73H2,1-10H3,(H2,74,97)(H,75,79)(H,78,100)(H,80,93)(H,81,106)(H,82,94)(H,83,98)(H,84,104)(H,85,101)(H,86,102)(H,87,108)(H,88,99)(H,89,103)(H,90,105)(H,91,107)(H,95,96)/t38-,39+,45-,48-,49-,50-,51-,52-,53-,54-,55-,59-,60-/m0/s1. The van der Waals surface area contributed by atoms with Gasteiger partial charge in [-0.1, -0.05) is 99.5 Å². The number of rotatable bonds is 23. The van der Waals surface area contributed by atoms with Crippen LogP contribution in [0.1, 0.15) is 118 Å². The van der Waals surface area contributed by atoms with Gasteiger partial charge in [-0.25, -0.2) is 4.98 Å². The van der Waals surface area contributed by atoms with Gasteiger partial charge in [0.05, 0.1) is 31.4 Å². The molecule has 22 N–H and O–H groups in total. The number of primary amides is 1. The van der Waals surface area contributed by atoms with Crippen molar-refractivity contribution in [1.29, 1.82) is 0 Å². The Morgan fingerprint density at radius 1 is 0.582 bits per heavy atom. The fourth-order valence-electron chi connectivity index (χ4n) is 11.8. The van der Waals surface area contributed by atoms with Crippen LogP contribution in [0.3, 0.4) is 0 Å². The third kappa shape index (κ3) is 27.5. The van der Waals surface area contributed by atoms with Crippen molar-refractivity contribution >= 4 is 132 Å². The number of imidazole rings is 1. The van der Waals surface area contributed by atoms with Crippen LogP contribution in [-0.4, -0.2) is 222 Å². The molecule has 110 heavy (non-hydrogen) atoms. The van der Waals surface area contributed by atoms with Crippen LogP contribution < -0.4 is 80.6 Å². The summed E-state index contributed by atoms with van der Waals surface area (Å²) in [6, 6.07) is -5.13. The van der Waals surface area contributed by atoms with Gasteiger partial charge in [0.2, 0.25) is 82.7 Å². The largest absolute Gasteiger partial charge is 0.481 e. The number of carboxylic acid groups (broad SMARTS) is 1. The summed E-state index contributed by atoms with van der Waals surface area (Å²) in [7, 11) is 1.62. The maximum absolute atomic E-state index is 15.1. The van der Waals surface area contributed by atoms with Crippen LogP contribution in [0, 0.1) is 17.8 Å². The predicted molar refractivity (Wildman–Crippen MR) is 408 cm³/mol. The van der Waals surface area contributed by atoms with E-state index in [1.165, 1.54) is 26.4 Å². The van der Waals surface area contributed by atoms with Gasteiger partial charge in [0.15, 0.2) is 0 Å². The van der Waals surface area contributed by atoms with Crippen molar-refractivity contribution in [2.24, 2.45) is 29.2 Å². The lowest BCUT2D eigenvalue weighted by molar-refractivity contribution is -0.140. The number of para-hydroxylation sites is 2. The van der Waals surface area contributed by atoms with E-state index in [0.29, 0.717) is 38.6 Å². The summed E-state index contributed by atoms with van der Waals surface area (Å²) in [4.78, 5) is 225. The number of aliphatic hydroxyl groups excluding tert-OH is 1. The van der Waals surface area contributed by atoms with Gasteiger partial charge in [-0.3, -0.25) is 71.9 Å². The zero-order chi connectivity index (χ0) is 81.2. The molecule has 1 saturated heterocycles. The summed E-state index contributed by atoms with van der Waals surface area (Å²) in [6.45, 7) is 15.3. The molecule has 0 spiro atoms. The van der Waals surface area contributed by atoms with Crippen molar-refractivity contribution < 1.29 is 82.1 Å². The van der Waals surface area contributed by atoms with Gasteiger partial charge in [-0.2, -0.15) is 0 Å². The maximum atomic E-state index is 15.1. The molecule has 38 heteroatoms. The number of H-pyrrole nitrogens is 3. The Labute approximate surface area is 643 Å². The molecule has 2 aromatic carbocycles. The first-order valence-corrected chi connectivity index (χ1v) is 38.6. The molecule has 1 aliphatic rings. The first-order valence-electron chi connectivity index (χ1n) is 36.1. The van der Waals surface area contributed by atoms with E-state index in [1.54, 1.807) is 116 Å². The highest BCUT2D eigenvalue weighted by atomic mass is 33.1. The molecule has 3 aromatic heterocycles. The summed E-state index contributed by atoms with van der Waals surface area (Å²) >= 11 is 0. The quantitative estimate of drug-likeness (QED) is 0.0314. The van der Waals surface area contributed by atoms with Crippen LogP contribution in [0.2, 0.25) is 0 Å². The highest BCUT2D eigenvalue weighted by Gasteiger charge is 2.39. The molecule has 0 unspecified atom stereocenters. The second-order valence-electron chi connectivity index (χ2n) is 28.6. The van der Waals surface area contributed by atoms with E-state index < -0.39 is 198 Å². The van der Waals surface area contributed by atoms with Gasteiger partial charge in [0.1, 0.15) is 66.5 Å². The van der Waals surface area contributed by atoms with Crippen LogP contribution in [0.25, 0.3) is 21.8 Å². The number of fused-ring (bicyclic) bond motifs is 2. The van der Waals surface area contributed by atoms with Crippen LogP contribution in [0.5, 0.6) is 0 Å². The highest BCUT2D eigenvalue weighted by molar-refractivity contribution is 8.76. The maximum Gasteiger partial charge on any atom is 0.305 e. The van der Waals surface area contributed by atoms with Gasteiger partial charge in [0, 0.05) is 89.3 Å². The third-order valence-corrected chi connectivity index (χ3v) is 20.0. The van der Waals surface area contributed by atoms with Crippen LogP contribution in [-0.2, 0) is 91.2 Å². The minimum atomic E-state index is -1.72. The molecular formula is C72H103N19O17S2. The Kier molecular flexibility index (Phi) is 34.0. The Hall–Kier alpha value is -10.6. The van der Waals surface area contributed by atoms with Gasteiger partial charge in [0.25, 0.3) is 0 Å². The number of nitrogens with one attached hydrogen (secondary N) is 16. The zero-order valence-electron chi connectivity index (χ0n) is 63.0. The average molecular weight is 1570 g/mol. The normalized spacial score (nSPS) is 22.9. The molecule has 5 aromatic rings. The minimum Gasteiger partial charge on any atom is -0.481 e. The molecule has 0 aliphatic carbocycles. The monoisotopic (exact) mass is 1570 g/mol. The molecule has 1 aliphatic heterocycles. The van der Waals surface area contributed by atoms with Crippen LogP contribution in [0.15, 0.2) is 73.4 Å². The molecular weight excluding hydrogens is 1470 g/mol. The van der Waals surface area contributed by atoms with E-state index >= 15 is 4.79 Å². The number of carbonyl (C=O) groups excluding carboxylic acids is 14. The van der Waals surface area contributed by atoms with Crippen molar-refractivity contribution in [1.82, 2.24) is 89.1 Å². The lowest BCUT2D eigenvalue weighted by atomic mass is 9.98. The van der Waals surface area contributed by atoms with Crippen molar-refractivity contribution in [3.63, 3.8) is 0 Å². The molecule has 4 heterocycles. The second kappa shape index (κ2) is 42.4. The van der Waals surface area contributed by atoms with E-state index in [-0.39, 0.29) is 62.8 Å². The van der Waals surface area contributed by atoms with Gasteiger partial charge >= 0.3 is 5.97 Å². The van der Waals surface area contributed by atoms with Crippen LogP contribution >= 0.6 is 21.6 Å². The van der Waals surface area contributed by atoms with E-state index in [9.17, 15) is 77.3 Å². The molecule has 600 valence electrons. The number of aliphatic hydroxyl groups is 1. The van der Waals surface area contributed by atoms with E-state index in [4.69, 9.17) is 11.5 Å². The van der Waals surface area contributed by atoms with E-state index in [2.05, 4.69) is 89.1 Å². The fourth-order valence-corrected chi connectivity index (χ4v) is 14.1. The Morgan fingerprint density at radius 3 is 1.62 bits per heavy atom. The SMILES string of the molecule is CC(C)C[C@@H]1NC(=O)[C@H](Cc2cnc[nH]2)NC(=O)[C@H](Cc2c[nH]c3ccccc23)NC(=O)[C@H](C)NC(=O)[C@@H](NC(=O)[C@@H](N)CC(=O)O)CSSC[C@@H](C(=O)N[C@H](C(N)=O)[C@@H](C)O)NC(=O)[C@H](Cc2c[nH]c3ccccc23)NC(=O)[C@H](C(C)C)NC(=O)[C@H](CC(C)C)NC(=O)[C@H](CCC(=O)NC(C)C)NC(=O)CNC1=O. The van der Waals surface area contributed by atoms with Crippen molar-refractivity contribution in [3.8, 4) is 0 Å². The van der Waals surface area contributed by atoms with Gasteiger partial charge < -0.3 is 106 Å². The number of hydrogen-bond acceptors (Lipinski definition) is 20. The smallest absolute Gasteiger partial charge is 0.305 e. The summed E-state index contributed by atoms with van der Waals surface area (Å²) < 4.78 is 0. The Morgan fingerprint density at radius 2 is 1.09 bits per heavy atom. The lowest BCUT2D eigenvalue weighted by Gasteiger charge is -2.29. The molecule has 36 nitrogen and oxygen atoms in total. The predicted octanol–water partition coefficient (Wildman–Crippen LogP) is -2.01.